The first-order valence-corrected chi connectivity index (χ1v) is 7.74. The molecule has 1 fully saturated rings. The zero-order valence-electron chi connectivity index (χ0n) is 11.3. The van der Waals surface area contributed by atoms with Gasteiger partial charge in [-0.25, -0.2) is 9.59 Å². The van der Waals surface area contributed by atoms with Gasteiger partial charge in [-0.3, -0.25) is 0 Å². The number of amides is 2. The number of thioether (sulfide) groups is 1. The third kappa shape index (κ3) is 3.45. The highest BCUT2D eigenvalue weighted by atomic mass is 32.2. The van der Waals surface area contributed by atoms with Crippen LogP contribution >= 0.6 is 11.8 Å². The van der Waals surface area contributed by atoms with Crippen molar-refractivity contribution in [2.24, 2.45) is 0 Å². The Balaban J connectivity index is 2.07. The Morgan fingerprint density at radius 3 is 3.00 bits per heavy atom. The molecule has 0 bridgehead atoms. The number of carbonyl (C=O) groups excluding carboxylic acids is 1. The minimum absolute atomic E-state index is 0.342. The summed E-state index contributed by atoms with van der Waals surface area (Å²) >= 11 is 1.56. The van der Waals surface area contributed by atoms with E-state index in [9.17, 15) is 14.7 Å². The van der Waals surface area contributed by atoms with Crippen molar-refractivity contribution in [2.75, 3.05) is 23.4 Å². The van der Waals surface area contributed by atoms with Gasteiger partial charge in [-0.1, -0.05) is 19.1 Å². The highest BCUT2D eigenvalue weighted by Crippen LogP contribution is 2.19. The van der Waals surface area contributed by atoms with Gasteiger partial charge in [0.25, 0.3) is 0 Å². The number of urea groups is 1. The summed E-state index contributed by atoms with van der Waals surface area (Å²) in [5.74, 6) is 0.263. The van der Waals surface area contributed by atoms with Gasteiger partial charge in [-0.15, -0.1) is 0 Å². The molecule has 1 unspecified atom stereocenters. The Morgan fingerprint density at radius 1 is 1.50 bits per heavy atom. The lowest BCUT2D eigenvalue weighted by atomic mass is 10.1. The smallest absolute Gasteiger partial charge is 0.327 e. The first kappa shape index (κ1) is 14.7. The number of anilines is 1. The number of rotatable bonds is 3. The number of aliphatic carboxylic acids is 1. The van der Waals surface area contributed by atoms with Gasteiger partial charge >= 0.3 is 12.0 Å². The summed E-state index contributed by atoms with van der Waals surface area (Å²) in [6.07, 6.45) is 0.891. The molecule has 0 spiro atoms. The number of hydrogen-bond acceptors (Lipinski definition) is 3. The molecule has 2 N–H and O–H groups in total. The number of carboxylic acid groups (broad SMARTS) is 1. The van der Waals surface area contributed by atoms with Crippen LogP contribution in [0.5, 0.6) is 0 Å². The fraction of sp³-hybridized carbons (Fsp3) is 0.429. The molecule has 1 saturated heterocycles. The highest BCUT2D eigenvalue weighted by molar-refractivity contribution is 7.99. The predicted octanol–water partition coefficient (Wildman–Crippen LogP) is 2.28. The van der Waals surface area contributed by atoms with Crippen molar-refractivity contribution < 1.29 is 14.7 Å². The topological polar surface area (TPSA) is 69.6 Å². The van der Waals surface area contributed by atoms with E-state index >= 15 is 0 Å². The standard InChI is InChI=1S/C14H18N2O3S/c1-2-10-4-3-5-11(8-10)15-14(19)16-6-7-20-9-12(16)13(17)18/h3-5,8,12H,2,6-7,9H2,1H3,(H,15,19)(H,17,18). The largest absolute Gasteiger partial charge is 0.480 e. The lowest BCUT2D eigenvalue weighted by Gasteiger charge is -2.32. The molecule has 0 aliphatic carbocycles. The van der Waals surface area contributed by atoms with Gasteiger partial charge < -0.3 is 15.3 Å². The van der Waals surface area contributed by atoms with Gasteiger partial charge in [-0.2, -0.15) is 11.8 Å². The normalized spacial score (nSPS) is 18.6. The van der Waals surface area contributed by atoms with Gasteiger partial charge in [0, 0.05) is 23.7 Å². The molecule has 2 amide bonds. The molecule has 5 nitrogen and oxygen atoms in total. The van der Waals surface area contributed by atoms with Crippen molar-refractivity contribution >= 4 is 29.4 Å². The second-order valence-electron chi connectivity index (χ2n) is 4.61. The van der Waals surface area contributed by atoms with Crippen molar-refractivity contribution in [3.63, 3.8) is 0 Å². The summed E-state index contributed by atoms with van der Waals surface area (Å²) in [5, 5.41) is 12.0. The third-order valence-corrected chi connectivity index (χ3v) is 4.28. The summed E-state index contributed by atoms with van der Waals surface area (Å²) in [6.45, 7) is 2.50. The Morgan fingerprint density at radius 2 is 2.30 bits per heavy atom. The van der Waals surface area contributed by atoms with Crippen LogP contribution in [0, 0.1) is 0 Å². The number of aryl methyl sites for hydroxylation is 1. The van der Waals surface area contributed by atoms with Gasteiger partial charge in [0.15, 0.2) is 0 Å². The van der Waals surface area contributed by atoms with Crippen molar-refractivity contribution in [3.05, 3.63) is 29.8 Å². The lowest BCUT2D eigenvalue weighted by molar-refractivity contribution is -0.141. The number of benzene rings is 1. The van der Waals surface area contributed by atoms with Crippen molar-refractivity contribution in [3.8, 4) is 0 Å². The summed E-state index contributed by atoms with van der Waals surface area (Å²) in [4.78, 5) is 24.8. The maximum absolute atomic E-state index is 12.2. The first-order valence-electron chi connectivity index (χ1n) is 6.59. The van der Waals surface area contributed by atoms with Crippen LogP contribution < -0.4 is 5.32 Å². The highest BCUT2D eigenvalue weighted by Gasteiger charge is 2.32. The van der Waals surface area contributed by atoms with Crippen molar-refractivity contribution in [1.29, 1.82) is 0 Å². The van der Waals surface area contributed by atoms with E-state index in [2.05, 4.69) is 5.32 Å². The van der Waals surface area contributed by atoms with Crippen molar-refractivity contribution in [1.82, 2.24) is 4.90 Å². The van der Waals surface area contributed by atoms with Gasteiger partial charge in [0.05, 0.1) is 0 Å². The second kappa shape index (κ2) is 6.65. The van der Waals surface area contributed by atoms with E-state index < -0.39 is 12.0 Å². The summed E-state index contributed by atoms with van der Waals surface area (Å²) in [5.41, 5.74) is 1.84. The molecule has 1 heterocycles. The zero-order valence-corrected chi connectivity index (χ0v) is 12.2. The molecule has 1 aromatic rings. The monoisotopic (exact) mass is 294 g/mol. The van der Waals surface area contributed by atoms with Crippen LogP contribution in [-0.2, 0) is 11.2 Å². The summed E-state index contributed by atoms with van der Waals surface area (Å²) in [6, 6.07) is 6.51. The average molecular weight is 294 g/mol. The average Bonchev–Trinajstić information content (AvgIpc) is 2.47. The number of nitrogens with zero attached hydrogens (tertiary/aromatic N) is 1. The van der Waals surface area contributed by atoms with Gasteiger partial charge in [-0.05, 0) is 24.1 Å². The van der Waals surface area contributed by atoms with E-state index in [4.69, 9.17) is 0 Å². The second-order valence-corrected chi connectivity index (χ2v) is 5.76. The lowest BCUT2D eigenvalue weighted by Crippen LogP contribution is -2.51. The molecule has 20 heavy (non-hydrogen) atoms. The van der Waals surface area contributed by atoms with Crippen LogP contribution in [0.2, 0.25) is 0 Å². The minimum Gasteiger partial charge on any atom is -0.480 e. The SMILES string of the molecule is CCc1cccc(NC(=O)N2CCSCC2C(=O)O)c1. The van der Waals surface area contributed by atoms with E-state index in [1.807, 2.05) is 31.2 Å². The number of carboxylic acids is 1. The van der Waals surface area contributed by atoms with Crippen LogP contribution in [0.3, 0.4) is 0 Å². The molecule has 0 saturated carbocycles. The molecular formula is C14H18N2O3S. The van der Waals surface area contributed by atoms with Crippen LogP contribution in [-0.4, -0.2) is 46.1 Å². The van der Waals surface area contributed by atoms with Crippen LogP contribution in [0.15, 0.2) is 24.3 Å². The molecule has 0 aromatic heterocycles. The number of nitrogens with one attached hydrogen (secondary N) is 1. The third-order valence-electron chi connectivity index (χ3n) is 3.26. The molecule has 1 aliphatic rings. The molecule has 1 aliphatic heterocycles. The van der Waals surface area contributed by atoms with E-state index in [-0.39, 0.29) is 6.03 Å². The molecule has 1 aromatic carbocycles. The fourth-order valence-corrected chi connectivity index (χ4v) is 3.15. The maximum atomic E-state index is 12.2. The maximum Gasteiger partial charge on any atom is 0.327 e. The van der Waals surface area contributed by atoms with Crippen LogP contribution in [0.1, 0.15) is 12.5 Å². The minimum atomic E-state index is -0.949. The Labute approximate surface area is 122 Å². The zero-order chi connectivity index (χ0) is 14.5. The van der Waals surface area contributed by atoms with E-state index in [1.54, 1.807) is 11.8 Å². The molecular weight excluding hydrogens is 276 g/mol. The Hall–Kier alpha value is -1.69. The Bertz CT molecular complexity index is 507. The molecule has 1 atom stereocenters. The molecule has 108 valence electrons. The van der Waals surface area contributed by atoms with Gasteiger partial charge in [0.2, 0.25) is 0 Å². The molecule has 6 heteroatoms. The van der Waals surface area contributed by atoms with E-state index in [0.29, 0.717) is 18.0 Å². The van der Waals surface area contributed by atoms with E-state index in [0.717, 1.165) is 17.7 Å². The van der Waals surface area contributed by atoms with Crippen molar-refractivity contribution in [2.45, 2.75) is 19.4 Å². The number of carbonyl (C=O) groups is 2. The van der Waals surface area contributed by atoms with Crippen LogP contribution in [0.4, 0.5) is 10.5 Å². The summed E-state index contributed by atoms with van der Waals surface area (Å²) < 4.78 is 0. The quantitative estimate of drug-likeness (QED) is 0.897. The molecule has 0 radical (unpaired) electrons. The molecule has 2 rings (SSSR count). The van der Waals surface area contributed by atoms with Gasteiger partial charge in [0.1, 0.15) is 6.04 Å². The Kier molecular flexibility index (Phi) is 4.89. The van der Waals surface area contributed by atoms with Crippen LogP contribution in [0.25, 0.3) is 0 Å². The predicted molar refractivity (Wildman–Crippen MR) is 80.3 cm³/mol. The first-order chi connectivity index (χ1) is 9.61. The van der Waals surface area contributed by atoms with E-state index in [1.165, 1.54) is 4.90 Å². The fourth-order valence-electron chi connectivity index (χ4n) is 2.12. The number of hydrogen-bond donors (Lipinski definition) is 2. The summed E-state index contributed by atoms with van der Waals surface area (Å²) in [7, 11) is 0.